The lowest BCUT2D eigenvalue weighted by Gasteiger charge is -2.35. The highest BCUT2D eigenvalue weighted by Crippen LogP contribution is 2.25. The maximum Gasteiger partial charge on any atom is 0.260 e. The summed E-state index contributed by atoms with van der Waals surface area (Å²) in [6.45, 7) is 2.12. The minimum Gasteiger partial charge on any atom is -0.493 e. The number of carbonyl (C=O) groups excluding carboxylic acids is 1. The van der Waals surface area contributed by atoms with Gasteiger partial charge in [-0.05, 0) is 45.1 Å². The molecule has 1 aliphatic heterocycles. The largest absolute Gasteiger partial charge is 0.493 e. The number of methoxy groups -OCH3 is 1. The second-order valence-electron chi connectivity index (χ2n) is 5.48. The van der Waals surface area contributed by atoms with Crippen LogP contribution in [0, 0.1) is 0 Å². The van der Waals surface area contributed by atoms with Gasteiger partial charge in [-0.25, -0.2) is 0 Å². The van der Waals surface area contributed by atoms with Crippen molar-refractivity contribution in [2.75, 3.05) is 40.9 Å². The zero-order valence-electron chi connectivity index (χ0n) is 13.0. The minimum atomic E-state index is 0.00968. The first-order chi connectivity index (χ1) is 10.1. The molecule has 1 aromatic rings. The van der Waals surface area contributed by atoms with Gasteiger partial charge in [0.15, 0.2) is 18.1 Å². The van der Waals surface area contributed by atoms with Gasteiger partial charge in [0, 0.05) is 13.1 Å². The molecule has 0 bridgehead atoms. The van der Waals surface area contributed by atoms with Crippen LogP contribution < -0.4 is 9.47 Å². The number of piperidine rings is 1. The Morgan fingerprint density at radius 2 is 1.90 bits per heavy atom. The number of likely N-dealkylation sites (tertiary alicyclic amines) is 1. The summed E-state index contributed by atoms with van der Waals surface area (Å²) in [6.07, 6.45) is 2.04. The lowest BCUT2D eigenvalue weighted by molar-refractivity contribution is -0.135. The van der Waals surface area contributed by atoms with Gasteiger partial charge in [0.05, 0.1) is 7.11 Å². The Kier molecular flexibility index (Phi) is 5.44. The minimum absolute atomic E-state index is 0.00968. The lowest BCUT2D eigenvalue weighted by atomic mass is 10.0. The predicted octanol–water partition coefficient (Wildman–Crippen LogP) is 1.63. The van der Waals surface area contributed by atoms with Gasteiger partial charge in [0.25, 0.3) is 5.91 Å². The van der Waals surface area contributed by atoms with Gasteiger partial charge in [-0.2, -0.15) is 0 Å². The molecule has 1 aliphatic rings. The molecule has 2 rings (SSSR count). The molecule has 0 aliphatic carbocycles. The third kappa shape index (κ3) is 4.11. The third-order valence-electron chi connectivity index (χ3n) is 4.05. The fraction of sp³-hybridized carbons (Fsp3) is 0.562. The fourth-order valence-electron chi connectivity index (χ4n) is 2.57. The number of rotatable bonds is 5. The number of carbonyl (C=O) groups is 1. The van der Waals surface area contributed by atoms with Gasteiger partial charge in [-0.3, -0.25) is 4.79 Å². The smallest absolute Gasteiger partial charge is 0.260 e. The summed E-state index contributed by atoms with van der Waals surface area (Å²) in [6, 6.07) is 7.68. The van der Waals surface area contributed by atoms with Gasteiger partial charge in [0.1, 0.15) is 0 Å². The summed E-state index contributed by atoms with van der Waals surface area (Å²) in [5.41, 5.74) is 0. The van der Waals surface area contributed by atoms with Gasteiger partial charge < -0.3 is 19.3 Å². The first-order valence-electron chi connectivity index (χ1n) is 7.32. The van der Waals surface area contributed by atoms with E-state index in [1.165, 1.54) is 0 Å². The SMILES string of the molecule is COc1ccccc1OCC(=O)N(C)C1CCN(C)CC1. The van der Waals surface area contributed by atoms with Gasteiger partial charge in [0.2, 0.25) is 0 Å². The molecule has 0 saturated carbocycles. The number of hydrogen-bond donors (Lipinski definition) is 0. The summed E-state index contributed by atoms with van der Waals surface area (Å²) in [7, 11) is 5.57. The first-order valence-corrected chi connectivity index (χ1v) is 7.32. The molecule has 0 radical (unpaired) electrons. The normalized spacial score (nSPS) is 16.5. The van der Waals surface area contributed by atoms with Gasteiger partial charge in [-0.15, -0.1) is 0 Å². The highest BCUT2D eigenvalue weighted by Gasteiger charge is 2.24. The maximum absolute atomic E-state index is 12.2. The number of ether oxygens (including phenoxy) is 2. The number of amides is 1. The molecule has 0 unspecified atom stereocenters. The summed E-state index contributed by atoms with van der Waals surface area (Å²) >= 11 is 0. The van der Waals surface area contributed by atoms with Crippen molar-refractivity contribution in [3.05, 3.63) is 24.3 Å². The molecule has 0 atom stereocenters. The molecule has 5 nitrogen and oxygen atoms in total. The van der Waals surface area contributed by atoms with Crippen LogP contribution in [0.2, 0.25) is 0 Å². The van der Waals surface area contributed by atoms with E-state index in [-0.39, 0.29) is 12.5 Å². The fourth-order valence-corrected chi connectivity index (χ4v) is 2.57. The van der Waals surface area contributed by atoms with E-state index in [0.29, 0.717) is 17.5 Å². The standard InChI is InChI=1S/C16H24N2O3/c1-17-10-8-13(9-11-17)18(2)16(19)12-21-15-7-5-4-6-14(15)20-3/h4-7,13H,8-12H2,1-3H3. The van der Waals surface area contributed by atoms with E-state index in [1.54, 1.807) is 7.11 Å². The van der Waals surface area contributed by atoms with E-state index in [2.05, 4.69) is 11.9 Å². The van der Waals surface area contributed by atoms with Crippen molar-refractivity contribution in [2.24, 2.45) is 0 Å². The molecular formula is C16H24N2O3. The average molecular weight is 292 g/mol. The number of hydrogen-bond acceptors (Lipinski definition) is 4. The molecule has 116 valence electrons. The van der Waals surface area contributed by atoms with Crippen molar-refractivity contribution in [2.45, 2.75) is 18.9 Å². The molecule has 1 heterocycles. The van der Waals surface area contributed by atoms with Crippen molar-refractivity contribution in [3.63, 3.8) is 0 Å². The van der Waals surface area contributed by atoms with Gasteiger partial charge in [-0.1, -0.05) is 12.1 Å². The molecule has 1 aromatic carbocycles. The van der Waals surface area contributed by atoms with E-state index in [1.807, 2.05) is 36.2 Å². The molecule has 0 aromatic heterocycles. The average Bonchev–Trinajstić information content (AvgIpc) is 2.52. The van der Waals surface area contributed by atoms with Crippen LogP contribution in [-0.2, 0) is 4.79 Å². The predicted molar refractivity (Wildman–Crippen MR) is 81.8 cm³/mol. The summed E-state index contributed by atoms with van der Waals surface area (Å²) in [4.78, 5) is 16.4. The summed E-state index contributed by atoms with van der Waals surface area (Å²) in [5, 5.41) is 0. The molecule has 0 N–H and O–H groups in total. The Labute approximate surface area is 126 Å². The Morgan fingerprint density at radius 1 is 1.29 bits per heavy atom. The quantitative estimate of drug-likeness (QED) is 0.827. The molecule has 0 spiro atoms. The Bertz CT molecular complexity index is 470. The lowest BCUT2D eigenvalue weighted by Crippen LogP contribution is -2.45. The van der Waals surface area contributed by atoms with Crippen molar-refractivity contribution >= 4 is 5.91 Å². The number of nitrogens with zero attached hydrogens (tertiary/aromatic N) is 2. The first kappa shape index (κ1) is 15.6. The molecule has 1 amide bonds. The maximum atomic E-state index is 12.2. The van der Waals surface area contributed by atoms with Crippen LogP contribution in [0.3, 0.4) is 0 Å². The Balaban J connectivity index is 1.86. The number of likely N-dealkylation sites (N-methyl/N-ethyl adjacent to an activating group) is 1. The van der Waals surface area contributed by atoms with Crippen molar-refractivity contribution in [1.29, 1.82) is 0 Å². The van der Waals surface area contributed by atoms with Crippen molar-refractivity contribution in [1.82, 2.24) is 9.80 Å². The van der Waals surface area contributed by atoms with Gasteiger partial charge >= 0.3 is 0 Å². The van der Waals surface area contributed by atoms with Crippen LogP contribution in [0.1, 0.15) is 12.8 Å². The molecule has 1 saturated heterocycles. The monoisotopic (exact) mass is 292 g/mol. The molecule has 21 heavy (non-hydrogen) atoms. The van der Waals surface area contributed by atoms with E-state index in [9.17, 15) is 4.79 Å². The Morgan fingerprint density at radius 3 is 2.52 bits per heavy atom. The van der Waals surface area contributed by atoms with Crippen LogP contribution in [0.25, 0.3) is 0 Å². The Hall–Kier alpha value is -1.75. The van der Waals surface area contributed by atoms with E-state index >= 15 is 0 Å². The highest BCUT2D eigenvalue weighted by molar-refractivity contribution is 5.78. The second kappa shape index (κ2) is 7.31. The van der Waals surface area contributed by atoms with Crippen LogP contribution in [0.15, 0.2) is 24.3 Å². The summed E-state index contributed by atoms with van der Waals surface area (Å²) in [5.74, 6) is 1.26. The highest BCUT2D eigenvalue weighted by atomic mass is 16.5. The van der Waals surface area contributed by atoms with E-state index in [0.717, 1.165) is 25.9 Å². The van der Waals surface area contributed by atoms with Crippen LogP contribution >= 0.6 is 0 Å². The number of para-hydroxylation sites is 2. The molecule has 5 heteroatoms. The van der Waals surface area contributed by atoms with Crippen LogP contribution in [0.4, 0.5) is 0 Å². The summed E-state index contributed by atoms with van der Waals surface area (Å²) < 4.78 is 10.8. The zero-order valence-corrected chi connectivity index (χ0v) is 13.0. The van der Waals surface area contributed by atoms with Crippen molar-refractivity contribution < 1.29 is 14.3 Å². The van der Waals surface area contributed by atoms with E-state index < -0.39 is 0 Å². The van der Waals surface area contributed by atoms with Crippen LogP contribution in [0.5, 0.6) is 11.5 Å². The second-order valence-corrected chi connectivity index (χ2v) is 5.48. The molecule has 1 fully saturated rings. The van der Waals surface area contributed by atoms with E-state index in [4.69, 9.17) is 9.47 Å². The topological polar surface area (TPSA) is 42.0 Å². The third-order valence-corrected chi connectivity index (χ3v) is 4.05. The van der Waals surface area contributed by atoms with Crippen molar-refractivity contribution in [3.8, 4) is 11.5 Å². The zero-order chi connectivity index (χ0) is 15.2. The number of benzene rings is 1. The molecular weight excluding hydrogens is 268 g/mol. The van der Waals surface area contributed by atoms with Crippen LogP contribution in [-0.4, -0.2) is 62.7 Å².